The first-order chi connectivity index (χ1) is 15.6. The van der Waals surface area contributed by atoms with E-state index < -0.39 is 0 Å². The van der Waals surface area contributed by atoms with Crippen LogP contribution < -0.4 is 10.4 Å². The minimum atomic E-state index is -0.302. The van der Waals surface area contributed by atoms with Gasteiger partial charge in [-0.2, -0.15) is 0 Å². The van der Waals surface area contributed by atoms with Gasteiger partial charge in [0.15, 0.2) is 11.5 Å². The lowest BCUT2D eigenvalue weighted by molar-refractivity contribution is 0.372. The van der Waals surface area contributed by atoms with Gasteiger partial charge in [0.25, 0.3) is 0 Å². The molecule has 0 saturated carbocycles. The van der Waals surface area contributed by atoms with E-state index in [-0.39, 0.29) is 17.3 Å². The maximum absolute atomic E-state index is 10.7. The van der Waals surface area contributed by atoms with Gasteiger partial charge in [0.1, 0.15) is 11.3 Å². The molecule has 4 aromatic rings. The van der Waals surface area contributed by atoms with Crippen LogP contribution in [-0.4, -0.2) is 12.2 Å². The largest absolute Gasteiger partial charge is 0.504 e. The minimum Gasteiger partial charge on any atom is -0.504 e. The molecule has 0 aliphatic carbocycles. The van der Waals surface area contributed by atoms with Gasteiger partial charge < -0.3 is 19.0 Å². The lowest BCUT2D eigenvalue weighted by Gasteiger charge is -2.17. The summed E-state index contributed by atoms with van der Waals surface area (Å²) in [5.41, 5.74) is 2.42. The van der Waals surface area contributed by atoms with Crippen LogP contribution in [0.5, 0.6) is 11.5 Å². The van der Waals surface area contributed by atoms with Crippen LogP contribution in [0.2, 0.25) is 0 Å². The summed E-state index contributed by atoms with van der Waals surface area (Å²) in [6, 6.07) is 26.0. The number of aromatic hydroxyl groups is 1. The van der Waals surface area contributed by atoms with Crippen LogP contribution in [0.15, 0.2) is 113 Å². The van der Waals surface area contributed by atoms with Gasteiger partial charge in [-0.25, -0.2) is 4.79 Å². The Morgan fingerprint density at radius 3 is 2.50 bits per heavy atom. The molecule has 1 aliphatic heterocycles. The van der Waals surface area contributed by atoms with E-state index in [0.717, 1.165) is 16.7 Å². The number of allylic oxidation sites excluding steroid dienone is 2. The molecule has 32 heavy (non-hydrogen) atoms. The summed E-state index contributed by atoms with van der Waals surface area (Å²) in [5, 5.41) is 10.6. The smallest absolute Gasteiger partial charge is 0.336 e. The highest BCUT2D eigenvalue weighted by atomic mass is 16.5. The quantitative estimate of drug-likeness (QED) is 0.416. The average Bonchev–Trinajstić information content (AvgIpc) is 2.85. The fourth-order valence-electron chi connectivity index (χ4n) is 3.34. The third kappa shape index (κ3) is 4.90. The summed E-state index contributed by atoms with van der Waals surface area (Å²) in [5.74, 6) is 1.48. The fourth-order valence-corrected chi connectivity index (χ4v) is 3.34. The SMILES string of the molecule is COc1cc(C2=CC(c3ccccc3)C=CO2)ccc1O.O=c1ccc2ccccc2o1. The Hall–Kier alpha value is -4.25. The molecule has 5 heteroatoms. The number of ether oxygens (including phenoxy) is 2. The first-order valence-electron chi connectivity index (χ1n) is 10.1. The summed E-state index contributed by atoms with van der Waals surface area (Å²) >= 11 is 0. The van der Waals surface area contributed by atoms with Crippen LogP contribution in [-0.2, 0) is 4.74 Å². The molecule has 5 nitrogen and oxygen atoms in total. The van der Waals surface area contributed by atoms with Crippen molar-refractivity contribution in [2.24, 2.45) is 0 Å². The number of rotatable bonds is 3. The molecular formula is C27H22O5. The van der Waals surface area contributed by atoms with Gasteiger partial charge in [0.2, 0.25) is 0 Å². The standard InChI is InChI=1S/C18H16O3.C9H6O2/c1-20-18-12-15(7-8-16(18)19)17-11-14(9-10-21-17)13-5-3-2-4-6-13;10-9-6-5-7-3-1-2-4-8(7)11-9/h2-12,14,19H,1H3;1-6H. The predicted octanol–water partition coefficient (Wildman–Crippen LogP) is 5.86. The molecule has 0 amide bonds. The van der Waals surface area contributed by atoms with E-state index in [1.807, 2.05) is 48.5 Å². The van der Waals surface area contributed by atoms with Gasteiger partial charge in [0, 0.05) is 22.9 Å². The molecule has 0 fully saturated rings. The molecule has 5 rings (SSSR count). The summed E-state index contributed by atoms with van der Waals surface area (Å²) < 4.78 is 15.6. The molecule has 0 spiro atoms. The molecule has 3 aromatic carbocycles. The van der Waals surface area contributed by atoms with E-state index in [4.69, 9.17) is 13.9 Å². The van der Waals surface area contributed by atoms with Crippen molar-refractivity contribution in [3.8, 4) is 11.5 Å². The normalized spacial score (nSPS) is 14.7. The molecule has 1 atom stereocenters. The third-order valence-electron chi connectivity index (χ3n) is 4.99. The number of fused-ring (bicyclic) bond motifs is 1. The highest BCUT2D eigenvalue weighted by molar-refractivity contribution is 5.75. The number of phenols is 1. The number of para-hydroxylation sites is 1. The third-order valence-corrected chi connectivity index (χ3v) is 4.99. The van der Waals surface area contributed by atoms with Crippen molar-refractivity contribution in [3.63, 3.8) is 0 Å². The highest BCUT2D eigenvalue weighted by Crippen LogP contribution is 2.33. The van der Waals surface area contributed by atoms with Gasteiger partial charge >= 0.3 is 5.63 Å². The van der Waals surface area contributed by atoms with Gasteiger partial charge in [-0.05, 0) is 48.0 Å². The summed E-state index contributed by atoms with van der Waals surface area (Å²) in [6.07, 6.45) is 5.77. The van der Waals surface area contributed by atoms with E-state index >= 15 is 0 Å². The zero-order valence-electron chi connectivity index (χ0n) is 17.5. The topological polar surface area (TPSA) is 68.9 Å². The van der Waals surface area contributed by atoms with Crippen molar-refractivity contribution in [3.05, 3.63) is 125 Å². The van der Waals surface area contributed by atoms with E-state index in [1.165, 1.54) is 18.7 Å². The maximum atomic E-state index is 10.7. The van der Waals surface area contributed by atoms with Crippen molar-refractivity contribution in [1.82, 2.24) is 0 Å². The molecule has 1 unspecified atom stereocenters. The lowest BCUT2D eigenvalue weighted by Crippen LogP contribution is -2.00. The molecule has 1 aromatic heterocycles. The van der Waals surface area contributed by atoms with Gasteiger partial charge in [-0.3, -0.25) is 0 Å². The predicted molar refractivity (Wildman–Crippen MR) is 125 cm³/mol. The second-order valence-electron chi connectivity index (χ2n) is 7.09. The van der Waals surface area contributed by atoms with E-state index in [1.54, 1.807) is 30.5 Å². The lowest BCUT2D eigenvalue weighted by atomic mass is 9.96. The Morgan fingerprint density at radius 2 is 1.69 bits per heavy atom. The Labute approximate surface area is 185 Å². The van der Waals surface area contributed by atoms with Crippen LogP contribution in [0.3, 0.4) is 0 Å². The molecule has 0 radical (unpaired) electrons. The Balaban J connectivity index is 0.000000186. The van der Waals surface area contributed by atoms with E-state index in [0.29, 0.717) is 11.3 Å². The second-order valence-corrected chi connectivity index (χ2v) is 7.09. The first-order valence-corrected chi connectivity index (χ1v) is 10.1. The van der Waals surface area contributed by atoms with Gasteiger partial charge in [0.05, 0.1) is 13.4 Å². The molecule has 0 bridgehead atoms. The maximum Gasteiger partial charge on any atom is 0.336 e. The molecular weight excluding hydrogens is 404 g/mol. The zero-order chi connectivity index (χ0) is 22.3. The highest BCUT2D eigenvalue weighted by Gasteiger charge is 2.14. The van der Waals surface area contributed by atoms with Crippen molar-refractivity contribution < 1.29 is 19.0 Å². The van der Waals surface area contributed by atoms with Crippen molar-refractivity contribution >= 4 is 16.7 Å². The Kier molecular flexibility index (Phi) is 6.37. The van der Waals surface area contributed by atoms with Crippen LogP contribution in [0.1, 0.15) is 17.0 Å². The first kappa shape index (κ1) is 21.0. The number of hydrogen-bond donors (Lipinski definition) is 1. The number of hydrogen-bond acceptors (Lipinski definition) is 5. The van der Waals surface area contributed by atoms with Crippen LogP contribution in [0, 0.1) is 0 Å². The van der Waals surface area contributed by atoms with E-state index in [9.17, 15) is 9.90 Å². The molecule has 2 heterocycles. The number of benzene rings is 3. The number of phenolic OH excluding ortho intramolecular Hbond substituents is 1. The Bertz CT molecular complexity index is 1320. The molecule has 1 aliphatic rings. The van der Waals surface area contributed by atoms with Crippen molar-refractivity contribution in [2.45, 2.75) is 5.92 Å². The fraction of sp³-hybridized carbons (Fsp3) is 0.0741. The molecule has 160 valence electrons. The van der Waals surface area contributed by atoms with Gasteiger partial charge in [-0.15, -0.1) is 0 Å². The summed E-state index contributed by atoms with van der Waals surface area (Å²) in [7, 11) is 1.53. The summed E-state index contributed by atoms with van der Waals surface area (Å²) in [4.78, 5) is 10.7. The number of methoxy groups -OCH3 is 1. The minimum absolute atomic E-state index is 0.118. The second kappa shape index (κ2) is 9.71. The average molecular weight is 426 g/mol. The Morgan fingerprint density at radius 1 is 0.906 bits per heavy atom. The zero-order valence-corrected chi connectivity index (χ0v) is 17.5. The summed E-state index contributed by atoms with van der Waals surface area (Å²) in [6.45, 7) is 0. The van der Waals surface area contributed by atoms with Crippen LogP contribution in [0.4, 0.5) is 0 Å². The van der Waals surface area contributed by atoms with Crippen LogP contribution in [0.25, 0.3) is 16.7 Å². The molecule has 0 saturated heterocycles. The monoisotopic (exact) mass is 426 g/mol. The van der Waals surface area contributed by atoms with Crippen molar-refractivity contribution in [2.75, 3.05) is 7.11 Å². The molecule has 1 N–H and O–H groups in total. The van der Waals surface area contributed by atoms with Gasteiger partial charge in [-0.1, -0.05) is 48.5 Å². The van der Waals surface area contributed by atoms with E-state index in [2.05, 4.69) is 18.2 Å². The van der Waals surface area contributed by atoms with Crippen molar-refractivity contribution in [1.29, 1.82) is 0 Å². The van der Waals surface area contributed by atoms with Crippen LogP contribution >= 0.6 is 0 Å².